The SMILES string of the molecule is N#CC1(NC(=O)CSc2nc3cc(Cl)ccc3s2)CCCC1. The summed E-state index contributed by atoms with van der Waals surface area (Å²) in [4.78, 5) is 16.5. The Morgan fingerprint density at radius 1 is 1.50 bits per heavy atom. The minimum Gasteiger partial charge on any atom is -0.337 e. The van der Waals surface area contributed by atoms with E-state index in [1.807, 2.05) is 18.2 Å². The molecule has 22 heavy (non-hydrogen) atoms. The Morgan fingerprint density at radius 2 is 2.27 bits per heavy atom. The van der Waals surface area contributed by atoms with E-state index >= 15 is 0 Å². The van der Waals surface area contributed by atoms with Gasteiger partial charge in [-0.2, -0.15) is 5.26 Å². The Hall–Kier alpha value is -1.29. The van der Waals surface area contributed by atoms with Crippen LogP contribution >= 0.6 is 34.7 Å². The summed E-state index contributed by atoms with van der Waals surface area (Å²) in [6.07, 6.45) is 3.50. The molecule has 1 aromatic heterocycles. The number of halogens is 1. The molecule has 3 rings (SSSR count). The summed E-state index contributed by atoms with van der Waals surface area (Å²) in [7, 11) is 0. The first-order chi connectivity index (χ1) is 10.6. The maximum absolute atomic E-state index is 12.1. The van der Waals surface area contributed by atoms with Gasteiger partial charge in [-0.05, 0) is 43.9 Å². The van der Waals surface area contributed by atoms with Crippen LogP contribution in [-0.2, 0) is 4.79 Å². The van der Waals surface area contributed by atoms with E-state index < -0.39 is 5.54 Å². The molecular weight excluding hydrogens is 338 g/mol. The van der Waals surface area contributed by atoms with Crippen molar-refractivity contribution in [3.63, 3.8) is 0 Å². The number of benzene rings is 1. The quantitative estimate of drug-likeness (QED) is 0.845. The lowest BCUT2D eigenvalue weighted by atomic mass is 10.0. The third-order valence-electron chi connectivity index (χ3n) is 3.71. The van der Waals surface area contributed by atoms with Crippen LogP contribution in [-0.4, -0.2) is 22.2 Å². The van der Waals surface area contributed by atoms with Crippen LogP contribution in [0.15, 0.2) is 22.5 Å². The number of rotatable bonds is 4. The second-order valence-electron chi connectivity index (χ2n) is 5.33. The molecule has 0 bridgehead atoms. The van der Waals surface area contributed by atoms with E-state index in [1.165, 1.54) is 11.8 Å². The Kier molecular flexibility index (Phi) is 4.57. The zero-order valence-corrected chi connectivity index (χ0v) is 14.2. The number of nitrogens with zero attached hydrogens (tertiary/aromatic N) is 2. The van der Waals surface area contributed by atoms with Gasteiger partial charge in [0.15, 0.2) is 4.34 Å². The molecule has 0 radical (unpaired) electrons. The van der Waals surface area contributed by atoms with Gasteiger partial charge in [-0.25, -0.2) is 4.98 Å². The van der Waals surface area contributed by atoms with Crippen LogP contribution in [0.4, 0.5) is 0 Å². The maximum Gasteiger partial charge on any atom is 0.231 e. The zero-order chi connectivity index (χ0) is 15.6. The van der Waals surface area contributed by atoms with E-state index in [0.717, 1.165) is 40.2 Å². The highest BCUT2D eigenvalue weighted by Crippen LogP contribution is 2.32. The first-order valence-corrected chi connectivity index (χ1v) is 9.19. The molecule has 4 nitrogen and oxygen atoms in total. The number of nitriles is 1. The molecule has 1 aliphatic carbocycles. The highest BCUT2D eigenvalue weighted by Gasteiger charge is 2.35. The van der Waals surface area contributed by atoms with Gasteiger partial charge in [0.25, 0.3) is 0 Å². The van der Waals surface area contributed by atoms with E-state index in [-0.39, 0.29) is 11.7 Å². The van der Waals surface area contributed by atoms with Crippen LogP contribution < -0.4 is 5.32 Å². The average Bonchev–Trinajstić information content (AvgIpc) is 3.11. The Balaban J connectivity index is 1.61. The summed E-state index contributed by atoms with van der Waals surface area (Å²) in [6.45, 7) is 0. The van der Waals surface area contributed by atoms with Crippen molar-refractivity contribution in [3.05, 3.63) is 23.2 Å². The number of thiazole rings is 1. The van der Waals surface area contributed by atoms with Gasteiger partial charge >= 0.3 is 0 Å². The fourth-order valence-electron chi connectivity index (χ4n) is 2.61. The van der Waals surface area contributed by atoms with Crippen molar-refractivity contribution in [1.82, 2.24) is 10.3 Å². The predicted octanol–water partition coefficient (Wildman–Crippen LogP) is 3.99. The minimum atomic E-state index is -0.654. The normalized spacial score (nSPS) is 16.5. The first kappa shape index (κ1) is 15.6. The summed E-state index contributed by atoms with van der Waals surface area (Å²) >= 11 is 8.88. The van der Waals surface area contributed by atoms with Crippen LogP contribution in [0.5, 0.6) is 0 Å². The molecule has 1 fully saturated rings. The third kappa shape index (κ3) is 3.37. The molecule has 1 heterocycles. The summed E-state index contributed by atoms with van der Waals surface area (Å²) < 4.78 is 1.89. The van der Waals surface area contributed by atoms with Gasteiger partial charge < -0.3 is 5.32 Å². The molecule has 1 aliphatic rings. The highest BCUT2D eigenvalue weighted by molar-refractivity contribution is 8.01. The molecular formula is C15H14ClN3OS2. The molecule has 0 unspecified atom stereocenters. The molecule has 2 aromatic rings. The number of hydrogen-bond donors (Lipinski definition) is 1. The molecule has 1 N–H and O–H groups in total. The third-order valence-corrected chi connectivity index (χ3v) is 6.12. The lowest BCUT2D eigenvalue weighted by Gasteiger charge is -2.21. The zero-order valence-electron chi connectivity index (χ0n) is 11.8. The molecule has 0 spiro atoms. The molecule has 1 saturated carbocycles. The summed E-state index contributed by atoms with van der Waals surface area (Å²) in [6, 6.07) is 7.85. The fourth-order valence-corrected chi connectivity index (χ4v) is 4.63. The van der Waals surface area contributed by atoms with Gasteiger partial charge in [0.2, 0.25) is 5.91 Å². The van der Waals surface area contributed by atoms with Crippen LogP contribution in [0.3, 0.4) is 0 Å². The van der Waals surface area contributed by atoms with Gasteiger partial charge in [0.05, 0.1) is 22.0 Å². The number of thioether (sulfide) groups is 1. The van der Waals surface area contributed by atoms with Gasteiger partial charge in [-0.15, -0.1) is 11.3 Å². The number of amides is 1. The number of carbonyl (C=O) groups is 1. The summed E-state index contributed by atoms with van der Waals surface area (Å²) in [5.41, 5.74) is 0.198. The van der Waals surface area contributed by atoms with E-state index in [2.05, 4.69) is 16.4 Å². The van der Waals surface area contributed by atoms with Crippen molar-refractivity contribution < 1.29 is 4.79 Å². The van der Waals surface area contributed by atoms with Crippen LogP contribution in [0.2, 0.25) is 5.02 Å². The lowest BCUT2D eigenvalue weighted by Crippen LogP contribution is -2.45. The second kappa shape index (κ2) is 6.45. The molecule has 7 heteroatoms. The molecule has 0 atom stereocenters. The summed E-state index contributed by atoms with van der Waals surface area (Å²) in [5.74, 6) is 0.169. The number of carbonyl (C=O) groups excluding carboxylic acids is 1. The molecule has 0 saturated heterocycles. The van der Waals surface area contributed by atoms with Gasteiger partial charge in [-0.3, -0.25) is 4.79 Å². The van der Waals surface area contributed by atoms with E-state index in [4.69, 9.17) is 11.6 Å². The second-order valence-corrected chi connectivity index (χ2v) is 8.02. The van der Waals surface area contributed by atoms with Crippen molar-refractivity contribution in [2.24, 2.45) is 0 Å². The predicted molar refractivity (Wildman–Crippen MR) is 90.3 cm³/mol. The Bertz CT molecular complexity index is 747. The highest BCUT2D eigenvalue weighted by atomic mass is 35.5. The molecule has 1 aromatic carbocycles. The maximum atomic E-state index is 12.1. The monoisotopic (exact) mass is 351 g/mol. The van der Waals surface area contributed by atoms with Crippen LogP contribution in [0.1, 0.15) is 25.7 Å². The number of aromatic nitrogens is 1. The summed E-state index contributed by atoms with van der Waals surface area (Å²) in [5, 5.41) is 12.8. The van der Waals surface area contributed by atoms with Crippen molar-refractivity contribution in [1.29, 1.82) is 5.26 Å². The van der Waals surface area contributed by atoms with Gasteiger partial charge in [-0.1, -0.05) is 23.4 Å². The molecule has 114 valence electrons. The van der Waals surface area contributed by atoms with Crippen molar-refractivity contribution in [3.8, 4) is 6.07 Å². The molecule has 0 aliphatic heterocycles. The van der Waals surface area contributed by atoms with Crippen LogP contribution in [0, 0.1) is 11.3 Å². The number of hydrogen-bond acceptors (Lipinski definition) is 5. The van der Waals surface area contributed by atoms with E-state index in [0.29, 0.717) is 5.02 Å². The van der Waals surface area contributed by atoms with Crippen LogP contribution in [0.25, 0.3) is 10.2 Å². The fraction of sp³-hybridized carbons (Fsp3) is 0.400. The minimum absolute atomic E-state index is 0.106. The number of fused-ring (bicyclic) bond motifs is 1. The van der Waals surface area contributed by atoms with Gasteiger partial charge in [0.1, 0.15) is 5.54 Å². The smallest absolute Gasteiger partial charge is 0.231 e. The number of nitrogens with one attached hydrogen (secondary N) is 1. The van der Waals surface area contributed by atoms with E-state index in [9.17, 15) is 10.1 Å². The lowest BCUT2D eigenvalue weighted by molar-refractivity contribution is -0.119. The van der Waals surface area contributed by atoms with Crippen molar-refractivity contribution in [2.75, 3.05) is 5.75 Å². The van der Waals surface area contributed by atoms with Gasteiger partial charge in [0, 0.05) is 5.02 Å². The average molecular weight is 352 g/mol. The Morgan fingerprint density at radius 3 is 3.00 bits per heavy atom. The largest absolute Gasteiger partial charge is 0.337 e. The van der Waals surface area contributed by atoms with E-state index in [1.54, 1.807) is 11.3 Å². The van der Waals surface area contributed by atoms with Crippen molar-refractivity contribution >= 4 is 50.8 Å². The topological polar surface area (TPSA) is 65.8 Å². The van der Waals surface area contributed by atoms with Crippen molar-refractivity contribution in [2.45, 2.75) is 35.6 Å². The first-order valence-electron chi connectivity index (χ1n) is 7.01. The standard InChI is InChI=1S/C15H14ClN3OS2/c16-10-3-4-12-11(7-10)18-14(22-12)21-8-13(20)19-15(9-17)5-1-2-6-15/h3-4,7H,1-2,5-6,8H2,(H,19,20). The Labute approximate surface area is 141 Å². The molecule has 1 amide bonds.